The molecule has 1 aliphatic rings. The lowest BCUT2D eigenvalue weighted by molar-refractivity contribution is 0.217. The molecule has 1 nitrogen and oxygen atoms in total. The van der Waals surface area contributed by atoms with Crippen molar-refractivity contribution in [1.82, 2.24) is 0 Å². The Balaban J connectivity index is 1.99. The zero-order valence-corrected chi connectivity index (χ0v) is 14.3. The summed E-state index contributed by atoms with van der Waals surface area (Å²) in [6.07, 6.45) is 3.26. The van der Waals surface area contributed by atoms with Gasteiger partial charge in [-0.1, -0.05) is 30.7 Å². The lowest BCUT2D eigenvalue weighted by Crippen LogP contribution is -2.13. The Bertz CT molecular complexity index is 590. The van der Waals surface area contributed by atoms with Gasteiger partial charge in [-0.05, 0) is 67.8 Å². The summed E-state index contributed by atoms with van der Waals surface area (Å²) >= 11 is 8.61. The molecule has 0 bridgehead atoms. The van der Waals surface area contributed by atoms with Crippen LogP contribution in [0.1, 0.15) is 48.0 Å². The van der Waals surface area contributed by atoms with E-state index in [-0.39, 0.29) is 0 Å². The van der Waals surface area contributed by atoms with Crippen LogP contribution in [0.4, 0.5) is 0 Å². The van der Waals surface area contributed by atoms with Crippen LogP contribution in [0.5, 0.6) is 0 Å². The van der Waals surface area contributed by atoms with E-state index in [0.29, 0.717) is 5.92 Å². The zero-order valence-electron chi connectivity index (χ0n) is 10.3. The van der Waals surface area contributed by atoms with Gasteiger partial charge in [0.25, 0.3) is 0 Å². The molecular weight excluding hydrogens is 388 g/mol. The molecule has 1 heterocycles. The van der Waals surface area contributed by atoms with Gasteiger partial charge in [-0.3, -0.25) is 0 Å². The number of aliphatic hydroxyl groups excluding tert-OH is 1. The highest BCUT2D eigenvalue weighted by molar-refractivity contribution is 9.12. The Labute approximate surface area is 133 Å². The highest BCUT2D eigenvalue weighted by Crippen LogP contribution is 2.43. The minimum absolute atomic E-state index is 0.547. The summed E-state index contributed by atoms with van der Waals surface area (Å²) in [4.78, 5) is 0. The van der Waals surface area contributed by atoms with Crippen LogP contribution in [0.15, 0.2) is 37.9 Å². The van der Waals surface area contributed by atoms with Crippen LogP contribution in [0, 0.1) is 0 Å². The first-order valence-corrected chi connectivity index (χ1v) is 8.78. The number of aliphatic hydroxyl groups is 1. The number of halogens is 2. The average molecular weight is 402 g/mol. The second-order valence-electron chi connectivity index (χ2n) is 4.94. The van der Waals surface area contributed by atoms with E-state index in [0.717, 1.165) is 18.7 Å². The van der Waals surface area contributed by atoms with E-state index in [4.69, 9.17) is 0 Å². The van der Waals surface area contributed by atoms with E-state index < -0.39 is 6.10 Å². The SMILES string of the molecule is OC(c1ccccc1C1CCC1)c1cc(Br)sc1Br. The van der Waals surface area contributed by atoms with E-state index in [9.17, 15) is 5.11 Å². The molecule has 1 fully saturated rings. The van der Waals surface area contributed by atoms with Crippen molar-refractivity contribution in [3.8, 4) is 0 Å². The monoisotopic (exact) mass is 400 g/mol. The molecule has 0 aliphatic heterocycles. The van der Waals surface area contributed by atoms with E-state index in [1.165, 1.54) is 24.8 Å². The van der Waals surface area contributed by atoms with Crippen LogP contribution in [0.2, 0.25) is 0 Å². The summed E-state index contributed by atoms with van der Waals surface area (Å²) in [5.74, 6) is 0.631. The van der Waals surface area contributed by atoms with Gasteiger partial charge in [0.2, 0.25) is 0 Å². The highest BCUT2D eigenvalue weighted by Gasteiger charge is 2.26. The van der Waals surface area contributed by atoms with Crippen molar-refractivity contribution in [2.45, 2.75) is 31.3 Å². The molecule has 0 amide bonds. The maximum Gasteiger partial charge on any atom is 0.106 e. The lowest BCUT2D eigenvalue weighted by atomic mass is 9.77. The van der Waals surface area contributed by atoms with Crippen molar-refractivity contribution >= 4 is 43.2 Å². The van der Waals surface area contributed by atoms with Crippen LogP contribution in [-0.2, 0) is 0 Å². The van der Waals surface area contributed by atoms with Gasteiger partial charge in [0.1, 0.15) is 6.10 Å². The predicted molar refractivity (Wildman–Crippen MR) is 86.8 cm³/mol. The number of thiophene rings is 1. The van der Waals surface area contributed by atoms with E-state index in [1.54, 1.807) is 11.3 Å². The number of benzene rings is 1. The number of hydrogen-bond acceptors (Lipinski definition) is 2. The standard InChI is InChI=1S/C15H14Br2OS/c16-13-8-12(15(17)19-13)14(18)11-7-2-1-6-10(11)9-4-3-5-9/h1-2,6-9,14,18H,3-5H2. The first-order valence-electron chi connectivity index (χ1n) is 6.38. The second-order valence-corrected chi connectivity index (χ2v) is 8.69. The molecule has 100 valence electrons. The Morgan fingerprint density at radius 3 is 2.47 bits per heavy atom. The minimum atomic E-state index is -0.547. The van der Waals surface area contributed by atoms with Crippen molar-refractivity contribution in [3.05, 3.63) is 54.6 Å². The van der Waals surface area contributed by atoms with E-state index >= 15 is 0 Å². The van der Waals surface area contributed by atoms with Gasteiger partial charge in [-0.25, -0.2) is 0 Å². The summed E-state index contributed by atoms with van der Waals surface area (Å²) in [5.41, 5.74) is 3.32. The molecule has 0 saturated heterocycles. The van der Waals surface area contributed by atoms with E-state index in [1.807, 2.05) is 12.1 Å². The van der Waals surface area contributed by atoms with Gasteiger partial charge < -0.3 is 5.11 Å². The van der Waals surface area contributed by atoms with Crippen molar-refractivity contribution in [3.63, 3.8) is 0 Å². The van der Waals surface area contributed by atoms with Crippen molar-refractivity contribution in [1.29, 1.82) is 0 Å². The quantitative estimate of drug-likeness (QED) is 0.707. The summed E-state index contributed by atoms with van der Waals surface area (Å²) in [6.45, 7) is 0. The Kier molecular flexibility index (Phi) is 4.13. The maximum atomic E-state index is 10.7. The molecular formula is C15H14Br2OS. The summed E-state index contributed by atoms with van der Waals surface area (Å²) in [6, 6.07) is 10.3. The van der Waals surface area contributed by atoms with Gasteiger partial charge in [0.15, 0.2) is 0 Å². The molecule has 4 heteroatoms. The van der Waals surface area contributed by atoms with Gasteiger partial charge in [-0.15, -0.1) is 11.3 Å². The normalized spacial score (nSPS) is 17.2. The van der Waals surface area contributed by atoms with Gasteiger partial charge in [0.05, 0.1) is 7.57 Å². The van der Waals surface area contributed by atoms with Crippen LogP contribution < -0.4 is 0 Å². The predicted octanol–water partition coefficient (Wildman–Crippen LogP) is 5.62. The molecule has 2 aromatic rings. The van der Waals surface area contributed by atoms with Crippen LogP contribution in [-0.4, -0.2) is 5.11 Å². The second kappa shape index (κ2) is 5.68. The maximum absolute atomic E-state index is 10.7. The molecule has 1 unspecified atom stereocenters. The average Bonchev–Trinajstić information content (AvgIpc) is 2.66. The fourth-order valence-electron chi connectivity index (χ4n) is 2.56. The fraction of sp³-hybridized carbons (Fsp3) is 0.333. The minimum Gasteiger partial charge on any atom is -0.384 e. The van der Waals surface area contributed by atoms with Crippen molar-refractivity contribution < 1.29 is 5.11 Å². The largest absolute Gasteiger partial charge is 0.384 e. The number of hydrogen-bond donors (Lipinski definition) is 1. The van der Waals surface area contributed by atoms with Gasteiger partial charge in [0, 0.05) is 5.56 Å². The first-order chi connectivity index (χ1) is 9.16. The molecule has 1 saturated carbocycles. The third-order valence-electron chi connectivity index (χ3n) is 3.81. The smallest absolute Gasteiger partial charge is 0.106 e. The van der Waals surface area contributed by atoms with Crippen molar-refractivity contribution in [2.24, 2.45) is 0 Å². The van der Waals surface area contributed by atoms with Crippen molar-refractivity contribution in [2.75, 3.05) is 0 Å². The third kappa shape index (κ3) is 2.68. The molecule has 1 aromatic carbocycles. The summed E-state index contributed by atoms with van der Waals surface area (Å²) in [5, 5.41) is 10.7. The lowest BCUT2D eigenvalue weighted by Gasteiger charge is -2.29. The summed E-state index contributed by atoms with van der Waals surface area (Å²) in [7, 11) is 0. The molecule has 0 radical (unpaired) electrons. The zero-order chi connectivity index (χ0) is 13.4. The van der Waals surface area contributed by atoms with E-state index in [2.05, 4.69) is 50.1 Å². The van der Waals surface area contributed by atoms with Crippen LogP contribution in [0.3, 0.4) is 0 Å². The molecule has 19 heavy (non-hydrogen) atoms. The molecule has 1 aromatic heterocycles. The van der Waals surface area contributed by atoms with Crippen LogP contribution in [0.25, 0.3) is 0 Å². The highest BCUT2D eigenvalue weighted by atomic mass is 79.9. The Morgan fingerprint density at radius 2 is 1.89 bits per heavy atom. The molecule has 0 spiro atoms. The number of rotatable bonds is 3. The molecule has 3 rings (SSSR count). The molecule has 1 atom stereocenters. The van der Waals surface area contributed by atoms with Gasteiger partial charge >= 0.3 is 0 Å². The Morgan fingerprint density at radius 1 is 1.16 bits per heavy atom. The summed E-state index contributed by atoms with van der Waals surface area (Å²) < 4.78 is 2.03. The first kappa shape index (κ1) is 13.8. The molecule has 1 N–H and O–H groups in total. The topological polar surface area (TPSA) is 20.2 Å². The Hall–Kier alpha value is -0.160. The van der Waals surface area contributed by atoms with Crippen LogP contribution >= 0.6 is 43.2 Å². The third-order valence-corrected chi connectivity index (χ3v) is 6.20. The molecule has 1 aliphatic carbocycles. The fourth-order valence-corrected chi connectivity index (χ4v) is 5.44. The van der Waals surface area contributed by atoms with Gasteiger partial charge in [-0.2, -0.15) is 0 Å².